The molecule has 3 aromatic heterocycles. The molecule has 6 nitrogen and oxygen atoms in total. The number of amides is 1. The minimum atomic E-state index is -0.335. The molecule has 7 heteroatoms. The average molecular weight is 331 g/mol. The molecule has 0 aliphatic carbocycles. The molecule has 0 saturated carbocycles. The van der Waals surface area contributed by atoms with Crippen LogP contribution in [0.5, 0.6) is 0 Å². The Morgan fingerprint density at radius 2 is 2.26 bits per heavy atom. The lowest BCUT2D eigenvalue weighted by molar-refractivity contribution is 0.0994. The Labute approximate surface area is 137 Å². The molecular formula is C16H17N3O3S. The first-order valence-corrected chi connectivity index (χ1v) is 8.07. The van der Waals surface area contributed by atoms with Gasteiger partial charge in [-0.2, -0.15) is 5.10 Å². The number of hydrogen-bond donors (Lipinski definition) is 2. The molecule has 120 valence electrons. The second-order valence-electron chi connectivity index (χ2n) is 5.14. The van der Waals surface area contributed by atoms with E-state index in [9.17, 15) is 9.90 Å². The predicted molar refractivity (Wildman–Crippen MR) is 88.8 cm³/mol. The molecule has 0 aromatic carbocycles. The lowest BCUT2D eigenvalue weighted by Gasteiger charge is -2.05. The van der Waals surface area contributed by atoms with Gasteiger partial charge in [0.25, 0.3) is 5.91 Å². The van der Waals surface area contributed by atoms with Gasteiger partial charge in [-0.05, 0) is 36.9 Å². The molecule has 2 N–H and O–H groups in total. The zero-order chi connectivity index (χ0) is 16.4. The largest absolute Gasteiger partial charge is 0.456 e. The SMILES string of the molecule is Cc1cc(C(=O)Nc2cc(-c3cccs3)nn2CCO)oc1C. The van der Waals surface area contributed by atoms with Crippen molar-refractivity contribution in [3.05, 3.63) is 46.7 Å². The Hall–Kier alpha value is -2.38. The molecule has 23 heavy (non-hydrogen) atoms. The maximum Gasteiger partial charge on any atom is 0.292 e. The first-order valence-electron chi connectivity index (χ1n) is 7.19. The van der Waals surface area contributed by atoms with Crippen LogP contribution in [0.25, 0.3) is 10.6 Å². The highest BCUT2D eigenvalue weighted by atomic mass is 32.1. The van der Waals surface area contributed by atoms with E-state index in [0.717, 1.165) is 21.9 Å². The molecule has 0 atom stereocenters. The van der Waals surface area contributed by atoms with E-state index in [1.54, 1.807) is 28.2 Å². The number of rotatable bonds is 5. The third-order valence-electron chi connectivity index (χ3n) is 3.50. The van der Waals surface area contributed by atoms with Gasteiger partial charge in [0.2, 0.25) is 0 Å². The Kier molecular flexibility index (Phi) is 4.31. The number of aliphatic hydroxyl groups is 1. The van der Waals surface area contributed by atoms with Gasteiger partial charge in [-0.25, -0.2) is 4.68 Å². The van der Waals surface area contributed by atoms with Gasteiger partial charge in [0, 0.05) is 6.07 Å². The van der Waals surface area contributed by atoms with E-state index in [1.807, 2.05) is 31.4 Å². The first-order chi connectivity index (χ1) is 11.1. The number of aryl methyl sites for hydroxylation is 2. The van der Waals surface area contributed by atoms with Crippen LogP contribution in [0, 0.1) is 13.8 Å². The van der Waals surface area contributed by atoms with Crippen LogP contribution in [0.3, 0.4) is 0 Å². The van der Waals surface area contributed by atoms with Gasteiger partial charge in [0.15, 0.2) is 5.76 Å². The molecule has 3 rings (SSSR count). The third-order valence-corrected chi connectivity index (χ3v) is 4.39. The molecule has 0 saturated heterocycles. The van der Waals surface area contributed by atoms with E-state index >= 15 is 0 Å². The van der Waals surface area contributed by atoms with Gasteiger partial charge in [-0.3, -0.25) is 4.79 Å². The minimum absolute atomic E-state index is 0.0621. The molecule has 3 heterocycles. The Bertz CT molecular complexity index is 798. The van der Waals surface area contributed by atoms with Crippen LogP contribution >= 0.6 is 11.3 Å². The van der Waals surface area contributed by atoms with Crippen molar-refractivity contribution in [3.8, 4) is 10.6 Å². The maximum absolute atomic E-state index is 12.3. The number of anilines is 1. The Morgan fingerprint density at radius 3 is 2.87 bits per heavy atom. The van der Waals surface area contributed by atoms with E-state index in [4.69, 9.17) is 4.42 Å². The molecule has 3 aromatic rings. The van der Waals surface area contributed by atoms with Crippen molar-refractivity contribution < 1.29 is 14.3 Å². The standard InChI is InChI=1S/C16H17N3O3S/c1-10-8-13(22-11(10)2)16(21)17-15-9-12(14-4-3-7-23-14)18-19(15)5-6-20/h3-4,7-9,20H,5-6H2,1-2H3,(H,17,21). The van der Waals surface area contributed by atoms with Crippen molar-refractivity contribution in [2.24, 2.45) is 0 Å². The smallest absolute Gasteiger partial charge is 0.292 e. The summed E-state index contributed by atoms with van der Waals surface area (Å²) in [7, 11) is 0. The molecular weight excluding hydrogens is 314 g/mol. The topological polar surface area (TPSA) is 80.3 Å². The molecule has 0 unspecified atom stereocenters. The highest BCUT2D eigenvalue weighted by molar-refractivity contribution is 7.13. The summed E-state index contributed by atoms with van der Waals surface area (Å²) < 4.78 is 7.02. The van der Waals surface area contributed by atoms with Crippen LogP contribution in [0.1, 0.15) is 21.9 Å². The van der Waals surface area contributed by atoms with Crippen molar-refractivity contribution in [2.45, 2.75) is 20.4 Å². The van der Waals surface area contributed by atoms with E-state index < -0.39 is 0 Å². The molecule has 1 amide bonds. The molecule has 0 radical (unpaired) electrons. The monoisotopic (exact) mass is 331 g/mol. The van der Waals surface area contributed by atoms with Crippen LogP contribution in [-0.4, -0.2) is 27.4 Å². The predicted octanol–water partition coefficient (Wildman–Crippen LogP) is 3.07. The lowest BCUT2D eigenvalue weighted by Crippen LogP contribution is -2.16. The van der Waals surface area contributed by atoms with Gasteiger partial charge in [-0.1, -0.05) is 6.07 Å². The summed E-state index contributed by atoms with van der Waals surface area (Å²) in [4.78, 5) is 13.3. The second-order valence-corrected chi connectivity index (χ2v) is 6.09. The molecule has 0 aliphatic heterocycles. The van der Waals surface area contributed by atoms with E-state index in [1.165, 1.54) is 0 Å². The van der Waals surface area contributed by atoms with Gasteiger partial charge >= 0.3 is 0 Å². The van der Waals surface area contributed by atoms with Crippen LogP contribution < -0.4 is 5.32 Å². The fourth-order valence-electron chi connectivity index (χ4n) is 2.19. The summed E-state index contributed by atoms with van der Waals surface area (Å²) in [5, 5.41) is 18.4. The number of carbonyl (C=O) groups excluding carboxylic acids is 1. The van der Waals surface area contributed by atoms with Crippen molar-refractivity contribution in [2.75, 3.05) is 11.9 Å². The number of nitrogens with one attached hydrogen (secondary N) is 1. The van der Waals surface area contributed by atoms with Crippen LogP contribution in [-0.2, 0) is 6.54 Å². The normalized spacial score (nSPS) is 10.9. The Balaban J connectivity index is 1.87. The first kappa shape index (κ1) is 15.5. The number of aliphatic hydroxyl groups excluding tert-OH is 1. The molecule has 0 aliphatic rings. The number of aromatic nitrogens is 2. The van der Waals surface area contributed by atoms with E-state index in [2.05, 4.69) is 10.4 Å². The third kappa shape index (κ3) is 3.20. The van der Waals surface area contributed by atoms with Crippen LogP contribution in [0.15, 0.2) is 34.1 Å². The van der Waals surface area contributed by atoms with Crippen molar-refractivity contribution in [1.29, 1.82) is 0 Å². The lowest BCUT2D eigenvalue weighted by atomic mass is 10.3. The quantitative estimate of drug-likeness (QED) is 0.753. The van der Waals surface area contributed by atoms with Gasteiger partial charge < -0.3 is 14.8 Å². The highest BCUT2D eigenvalue weighted by Gasteiger charge is 2.17. The number of nitrogens with zero attached hydrogens (tertiary/aromatic N) is 2. The van der Waals surface area contributed by atoms with E-state index in [0.29, 0.717) is 12.4 Å². The fraction of sp³-hybridized carbons (Fsp3) is 0.250. The number of thiophene rings is 1. The second kappa shape index (κ2) is 6.39. The zero-order valence-corrected chi connectivity index (χ0v) is 13.7. The number of carbonyl (C=O) groups is 1. The molecule has 0 fully saturated rings. The van der Waals surface area contributed by atoms with Gasteiger partial charge in [0.1, 0.15) is 17.3 Å². The molecule has 0 bridgehead atoms. The zero-order valence-electron chi connectivity index (χ0n) is 12.9. The van der Waals surface area contributed by atoms with Crippen LogP contribution in [0.4, 0.5) is 5.82 Å². The van der Waals surface area contributed by atoms with Gasteiger partial charge in [0.05, 0.1) is 18.0 Å². The summed E-state index contributed by atoms with van der Waals surface area (Å²) in [5.41, 5.74) is 1.69. The van der Waals surface area contributed by atoms with Crippen molar-refractivity contribution in [3.63, 3.8) is 0 Å². The number of furan rings is 1. The van der Waals surface area contributed by atoms with Crippen molar-refractivity contribution in [1.82, 2.24) is 9.78 Å². The van der Waals surface area contributed by atoms with E-state index in [-0.39, 0.29) is 18.3 Å². The summed E-state index contributed by atoms with van der Waals surface area (Å²) in [6.45, 7) is 3.95. The maximum atomic E-state index is 12.3. The minimum Gasteiger partial charge on any atom is -0.456 e. The average Bonchev–Trinajstić information content (AvgIpc) is 3.22. The van der Waals surface area contributed by atoms with Crippen LogP contribution in [0.2, 0.25) is 0 Å². The highest BCUT2D eigenvalue weighted by Crippen LogP contribution is 2.26. The summed E-state index contributed by atoms with van der Waals surface area (Å²) in [6.07, 6.45) is 0. The fourth-order valence-corrected chi connectivity index (χ4v) is 2.87. The summed E-state index contributed by atoms with van der Waals surface area (Å²) >= 11 is 1.57. The summed E-state index contributed by atoms with van der Waals surface area (Å²) in [5.74, 6) is 1.17. The summed E-state index contributed by atoms with van der Waals surface area (Å²) in [6, 6.07) is 7.40. The van der Waals surface area contributed by atoms with Crippen molar-refractivity contribution >= 4 is 23.1 Å². The Morgan fingerprint density at radius 1 is 1.43 bits per heavy atom. The van der Waals surface area contributed by atoms with Gasteiger partial charge in [-0.15, -0.1) is 11.3 Å². The molecule has 0 spiro atoms. The number of hydrogen-bond acceptors (Lipinski definition) is 5.